The summed E-state index contributed by atoms with van der Waals surface area (Å²) in [6, 6.07) is 12.0. The SMILES string of the molecule is CC1N=Nc2ccc(-c3ccc(N)c4c3CN(C/C(C#N)=C/c3cnn(C)c3)C4=O)cc21. The van der Waals surface area contributed by atoms with Crippen LogP contribution < -0.4 is 5.73 Å². The highest BCUT2D eigenvalue weighted by Crippen LogP contribution is 2.41. The van der Waals surface area contributed by atoms with Crippen LogP contribution in [0.15, 0.2) is 58.5 Å². The maximum Gasteiger partial charge on any atom is 0.256 e. The number of carbonyl (C=O) groups is 1. The molecule has 158 valence electrons. The Bertz CT molecular complexity index is 1360. The van der Waals surface area contributed by atoms with Crippen LogP contribution in [0, 0.1) is 11.3 Å². The molecule has 8 nitrogen and oxygen atoms in total. The molecule has 1 atom stereocenters. The number of fused-ring (bicyclic) bond motifs is 2. The number of aryl methyl sites for hydroxylation is 1. The fourth-order valence-electron chi connectivity index (χ4n) is 4.30. The van der Waals surface area contributed by atoms with Gasteiger partial charge in [-0.3, -0.25) is 9.48 Å². The first-order valence-electron chi connectivity index (χ1n) is 10.3. The predicted molar refractivity (Wildman–Crippen MR) is 121 cm³/mol. The number of nitrogens with zero attached hydrogens (tertiary/aromatic N) is 6. The number of nitriles is 1. The van der Waals surface area contributed by atoms with Crippen LogP contribution in [0.1, 0.15) is 40.0 Å². The van der Waals surface area contributed by atoms with E-state index in [2.05, 4.69) is 27.5 Å². The molecule has 0 saturated carbocycles. The van der Waals surface area contributed by atoms with E-state index in [0.717, 1.165) is 33.5 Å². The molecule has 32 heavy (non-hydrogen) atoms. The van der Waals surface area contributed by atoms with Crippen LogP contribution in [0.5, 0.6) is 0 Å². The normalized spacial score (nSPS) is 16.9. The monoisotopic (exact) mass is 423 g/mol. The van der Waals surface area contributed by atoms with Gasteiger partial charge in [-0.1, -0.05) is 12.1 Å². The van der Waals surface area contributed by atoms with Gasteiger partial charge in [0.15, 0.2) is 0 Å². The zero-order chi connectivity index (χ0) is 22.4. The molecule has 2 aliphatic heterocycles. The first-order valence-corrected chi connectivity index (χ1v) is 10.3. The van der Waals surface area contributed by atoms with Crippen molar-refractivity contribution in [3.8, 4) is 17.2 Å². The van der Waals surface area contributed by atoms with Gasteiger partial charge in [0.05, 0.1) is 36.1 Å². The van der Waals surface area contributed by atoms with E-state index in [0.29, 0.717) is 23.4 Å². The number of amides is 1. The van der Waals surface area contributed by atoms with Gasteiger partial charge in [0.1, 0.15) is 0 Å². The highest BCUT2D eigenvalue weighted by atomic mass is 16.2. The number of carbonyl (C=O) groups excluding carboxylic acids is 1. The molecule has 8 heteroatoms. The van der Waals surface area contributed by atoms with Gasteiger partial charge in [0.25, 0.3) is 5.91 Å². The lowest BCUT2D eigenvalue weighted by atomic mass is 9.93. The Labute approximate surface area is 185 Å². The van der Waals surface area contributed by atoms with Crippen molar-refractivity contribution in [2.45, 2.75) is 19.5 Å². The molecule has 1 aromatic heterocycles. The fraction of sp³-hybridized carbons (Fsp3) is 0.208. The first-order chi connectivity index (χ1) is 15.4. The molecular formula is C24H21N7O. The van der Waals surface area contributed by atoms with Crippen LogP contribution in [-0.2, 0) is 13.6 Å². The summed E-state index contributed by atoms with van der Waals surface area (Å²) < 4.78 is 1.67. The predicted octanol–water partition coefficient (Wildman–Crippen LogP) is 4.39. The van der Waals surface area contributed by atoms with Gasteiger partial charge in [-0.2, -0.15) is 20.6 Å². The quantitative estimate of drug-likeness (QED) is 0.495. The number of nitrogen functional groups attached to an aromatic ring is 1. The van der Waals surface area contributed by atoms with Crippen LogP contribution in [-0.4, -0.2) is 27.1 Å². The summed E-state index contributed by atoms with van der Waals surface area (Å²) in [7, 11) is 1.82. The molecule has 0 radical (unpaired) electrons. The number of rotatable bonds is 4. The van der Waals surface area contributed by atoms with Crippen LogP contribution in [0.3, 0.4) is 0 Å². The van der Waals surface area contributed by atoms with Gasteiger partial charge < -0.3 is 10.6 Å². The van der Waals surface area contributed by atoms with Crippen LogP contribution >= 0.6 is 0 Å². The minimum absolute atomic E-state index is 0.0145. The molecule has 2 aromatic carbocycles. The van der Waals surface area contributed by atoms with E-state index in [4.69, 9.17) is 5.73 Å². The number of hydrogen-bond donors (Lipinski definition) is 1. The zero-order valence-corrected chi connectivity index (χ0v) is 17.8. The van der Waals surface area contributed by atoms with Crippen LogP contribution in [0.2, 0.25) is 0 Å². The third kappa shape index (κ3) is 3.24. The molecule has 0 fully saturated rings. The number of azo groups is 1. The molecule has 2 aliphatic rings. The molecule has 5 rings (SSSR count). The zero-order valence-electron chi connectivity index (χ0n) is 17.8. The highest BCUT2D eigenvalue weighted by Gasteiger charge is 2.32. The minimum Gasteiger partial charge on any atom is -0.398 e. The second-order valence-corrected chi connectivity index (χ2v) is 8.11. The minimum atomic E-state index is -0.161. The van der Waals surface area contributed by atoms with E-state index < -0.39 is 0 Å². The van der Waals surface area contributed by atoms with Gasteiger partial charge >= 0.3 is 0 Å². The lowest BCUT2D eigenvalue weighted by molar-refractivity contribution is 0.0795. The Morgan fingerprint density at radius 1 is 1.34 bits per heavy atom. The average molecular weight is 423 g/mol. The van der Waals surface area contributed by atoms with Crippen molar-refractivity contribution in [1.82, 2.24) is 14.7 Å². The van der Waals surface area contributed by atoms with Gasteiger partial charge in [-0.15, -0.1) is 0 Å². The molecular weight excluding hydrogens is 402 g/mol. The van der Waals surface area contributed by atoms with Crippen molar-refractivity contribution in [1.29, 1.82) is 5.26 Å². The maximum atomic E-state index is 13.2. The number of anilines is 1. The lowest BCUT2D eigenvalue weighted by Crippen LogP contribution is -2.26. The molecule has 1 unspecified atom stereocenters. The number of aromatic nitrogens is 2. The third-order valence-electron chi connectivity index (χ3n) is 5.89. The van der Waals surface area contributed by atoms with Crippen LogP contribution in [0.25, 0.3) is 17.2 Å². The smallest absolute Gasteiger partial charge is 0.256 e. The molecule has 0 saturated heterocycles. The maximum absolute atomic E-state index is 13.2. The van der Waals surface area contributed by atoms with Crippen molar-refractivity contribution >= 4 is 23.4 Å². The van der Waals surface area contributed by atoms with Gasteiger partial charge in [0, 0.05) is 42.2 Å². The van der Waals surface area contributed by atoms with Crippen molar-refractivity contribution in [2.75, 3.05) is 12.3 Å². The molecule has 0 aliphatic carbocycles. The second kappa shape index (κ2) is 7.46. The Balaban J connectivity index is 1.48. The molecule has 3 heterocycles. The highest BCUT2D eigenvalue weighted by molar-refractivity contribution is 6.05. The van der Waals surface area contributed by atoms with E-state index in [1.54, 1.807) is 27.9 Å². The standard InChI is InChI=1S/C24H21N7O/c1-14-19-8-17(3-6-22(19)29-28-14)18-4-5-21(26)23-20(18)13-31(24(23)32)12-15(9-25)7-16-10-27-30(2)11-16/h3-8,10-11,14H,12-13,26H2,1-2H3/b15-7+. The van der Waals surface area contributed by atoms with Crippen molar-refractivity contribution < 1.29 is 4.79 Å². The van der Waals surface area contributed by atoms with E-state index >= 15 is 0 Å². The average Bonchev–Trinajstić information content (AvgIpc) is 3.46. The summed E-state index contributed by atoms with van der Waals surface area (Å²) in [4.78, 5) is 14.9. The Morgan fingerprint density at radius 2 is 2.19 bits per heavy atom. The Morgan fingerprint density at radius 3 is 2.94 bits per heavy atom. The molecule has 2 N–H and O–H groups in total. The van der Waals surface area contributed by atoms with Crippen molar-refractivity contribution in [3.05, 3.63) is 70.6 Å². The molecule has 0 spiro atoms. The lowest BCUT2D eigenvalue weighted by Gasteiger charge is -2.15. The van der Waals surface area contributed by atoms with E-state index in [9.17, 15) is 10.1 Å². The topological polar surface area (TPSA) is 113 Å². The van der Waals surface area contributed by atoms with Crippen molar-refractivity contribution in [3.63, 3.8) is 0 Å². The summed E-state index contributed by atoms with van der Waals surface area (Å²) >= 11 is 0. The third-order valence-corrected chi connectivity index (χ3v) is 5.89. The molecule has 0 bridgehead atoms. The Hall–Kier alpha value is -4.25. The summed E-state index contributed by atoms with van der Waals surface area (Å²) in [5.74, 6) is -0.161. The van der Waals surface area contributed by atoms with Gasteiger partial charge in [-0.05, 0) is 47.9 Å². The number of nitrogens with two attached hydrogens (primary N) is 1. The summed E-state index contributed by atoms with van der Waals surface area (Å²) in [6.45, 7) is 2.61. The number of benzene rings is 2. The molecule has 1 amide bonds. The van der Waals surface area contributed by atoms with E-state index in [1.165, 1.54) is 0 Å². The first kappa shape index (κ1) is 19.7. The van der Waals surface area contributed by atoms with Crippen molar-refractivity contribution in [2.24, 2.45) is 17.3 Å². The second-order valence-electron chi connectivity index (χ2n) is 8.11. The Kier molecular flexibility index (Phi) is 4.59. The van der Waals surface area contributed by atoms with Gasteiger partial charge in [0.2, 0.25) is 0 Å². The summed E-state index contributed by atoms with van der Waals surface area (Å²) in [5, 5.41) is 22.2. The number of hydrogen-bond acceptors (Lipinski definition) is 6. The largest absolute Gasteiger partial charge is 0.398 e. The van der Waals surface area contributed by atoms with Crippen LogP contribution in [0.4, 0.5) is 11.4 Å². The molecule has 3 aromatic rings. The fourth-order valence-corrected chi connectivity index (χ4v) is 4.30. The summed E-state index contributed by atoms with van der Waals surface area (Å²) in [5.41, 5.74) is 13.3. The van der Waals surface area contributed by atoms with E-state index in [-0.39, 0.29) is 18.5 Å². The summed E-state index contributed by atoms with van der Waals surface area (Å²) in [6.07, 6.45) is 5.26. The van der Waals surface area contributed by atoms with Gasteiger partial charge in [-0.25, -0.2) is 0 Å². The van der Waals surface area contributed by atoms with E-state index in [1.807, 2.05) is 38.4 Å².